The van der Waals surface area contributed by atoms with Crippen molar-refractivity contribution in [2.75, 3.05) is 32.8 Å². The highest BCUT2D eigenvalue weighted by atomic mass is 32.1. The molecule has 2 aromatic rings. The highest BCUT2D eigenvalue weighted by Gasteiger charge is 2.33. The van der Waals surface area contributed by atoms with Crippen LogP contribution in [-0.2, 0) is 11.2 Å². The van der Waals surface area contributed by atoms with E-state index in [9.17, 15) is 9.90 Å². The Bertz CT molecular complexity index is 849. The van der Waals surface area contributed by atoms with Crippen molar-refractivity contribution < 1.29 is 14.6 Å². The number of fused-ring (bicyclic) bond motifs is 1. The van der Waals surface area contributed by atoms with E-state index in [1.165, 1.54) is 16.0 Å². The fourth-order valence-corrected chi connectivity index (χ4v) is 5.19. The third-order valence-electron chi connectivity index (χ3n) is 6.21. The number of carbonyl (C=O) groups is 1. The van der Waals surface area contributed by atoms with Gasteiger partial charge in [-0.2, -0.15) is 0 Å². The number of aliphatic hydroxyl groups is 1. The van der Waals surface area contributed by atoms with Gasteiger partial charge in [-0.3, -0.25) is 9.69 Å². The third kappa shape index (κ3) is 6.33. The molecule has 0 radical (unpaired) electrons. The molecule has 1 N–H and O–H groups in total. The molecule has 0 fully saturated rings. The topological polar surface area (TPSA) is 53.0 Å². The Labute approximate surface area is 197 Å². The highest BCUT2D eigenvalue weighted by Crippen LogP contribution is 2.34. The fraction of sp³-hybridized carbons (Fsp3) is 0.577. The van der Waals surface area contributed by atoms with Crippen LogP contribution in [0.5, 0.6) is 5.75 Å². The van der Waals surface area contributed by atoms with E-state index in [1.54, 1.807) is 11.3 Å². The van der Waals surface area contributed by atoms with Crippen LogP contribution in [0, 0.1) is 0 Å². The van der Waals surface area contributed by atoms with Crippen molar-refractivity contribution in [1.29, 1.82) is 0 Å². The largest absolute Gasteiger partial charge is 0.491 e. The van der Waals surface area contributed by atoms with Crippen molar-refractivity contribution >= 4 is 17.2 Å². The molecule has 2 heterocycles. The maximum atomic E-state index is 13.4. The number of hydrogen-bond donors (Lipinski definition) is 1. The van der Waals surface area contributed by atoms with Crippen LogP contribution >= 0.6 is 11.3 Å². The molecule has 6 heteroatoms. The summed E-state index contributed by atoms with van der Waals surface area (Å²) in [5, 5.41) is 12.2. The molecule has 176 valence electrons. The van der Waals surface area contributed by atoms with Crippen molar-refractivity contribution in [2.45, 2.75) is 65.0 Å². The van der Waals surface area contributed by atoms with Crippen molar-refractivity contribution in [3.05, 3.63) is 51.7 Å². The molecular weight excluding hydrogens is 420 g/mol. The van der Waals surface area contributed by atoms with E-state index in [-0.39, 0.29) is 11.9 Å². The van der Waals surface area contributed by atoms with Gasteiger partial charge in [-0.15, -0.1) is 11.3 Å². The van der Waals surface area contributed by atoms with E-state index in [0.717, 1.165) is 25.1 Å². The first-order valence-corrected chi connectivity index (χ1v) is 12.8. The van der Waals surface area contributed by atoms with E-state index in [4.69, 9.17) is 4.74 Å². The lowest BCUT2D eigenvalue weighted by Crippen LogP contribution is -2.47. The standard InChI is InChI=1S/C26H38N2O3S/c1-5-13-27(16-21(29)6-2)17-26(30)28-14-11-25-23(12-15-32-25)24(28)18-31-22-9-7-20(8-10-22)19(3)4/h7-10,12,15,19,21,24,29H,5-6,11,13-14,16-18H2,1-4H3/t21-,24+/m1/s1. The summed E-state index contributed by atoms with van der Waals surface area (Å²) in [5.74, 6) is 1.44. The number of thiophene rings is 1. The van der Waals surface area contributed by atoms with Gasteiger partial charge < -0.3 is 14.7 Å². The lowest BCUT2D eigenvalue weighted by molar-refractivity contribution is -0.136. The molecular formula is C26H38N2O3S. The number of amides is 1. The quantitative estimate of drug-likeness (QED) is 0.523. The van der Waals surface area contributed by atoms with E-state index in [2.05, 4.69) is 49.3 Å². The number of hydrogen-bond acceptors (Lipinski definition) is 5. The second-order valence-electron chi connectivity index (χ2n) is 8.98. The number of carbonyl (C=O) groups excluding carboxylic acids is 1. The van der Waals surface area contributed by atoms with Gasteiger partial charge in [-0.25, -0.2) is 0 Å². The average Bonchev–Trinajstić information content (AvgIpc) is 3.26. The molecule has 1 aromatic heterocycles. The van der Waals surface area contributed by atoms with Gasteiger partial charge in [0.15, 0.2) is 0 Å². The second kappa shape index (κ2) is 11.8. The van der Waals surface area contributed by atoms with Gasteiger partial charge >= 0.3 is 0 Å². The van der Waals surface area contributed by atoms with Gasteiger partial charge in [0.25, 0.3) is 0 Å². The molecule has 3 rings (SSSR count). The van der Waals surface area contributed by atoms with Gasteiger partial charge in [0.1, 0.15) is 12.4 Å². The molecule has 32 heavy (non-hydrogen) atoms. The normalized spacial score (nSPS) is 17.0. The third-order valence-corrected chi connectivity index (χ3v) is 7.21. The summed E-state index contributed by atoms with van der Waals surface area (Å²) >= 11 is 1.77. The van der Waals surface area contributed by atoms with Crippen molar-refractivity contribution in [1.82, 2.24) is 9.80 Å². The first-order valence-electron chi connectivity index (χ1n) is 11.9. The molecule has 1 aromatic carbocycles. The van der Waals surface area contributed by atoms with Crippen molar-refractivity contribution in [3.63, 3.8) is 0 Å². The Morgan fingerprint density at radius 2 is 2.00 bits per heavy atom. The van der Waals surface area contributed by atoms with Gasteiger partial charge in [0.2, 0.25) is 5.91 Å². The zero-order valence-electron chi connectivity index (χ0n) is 19.9. The molecule has 0 aliphatic carbocycles. The molecule has 0 bridgehead atoms. The molecule has 0 spiro atoms. The zero-order chi connectivity index (χ0) is 23.1. The lowest BCUT2D eigenvalue weighted by atomic mass is 10.00. The maximum Gasteiger partial charge on any atom is 0.237 e. The van der Waals surface area contributed by atoms with Crippen molar-refractivity contribution in [2.24, 2.45) is 0 Å². The number of ether oxygens (including phenoxy) is 1. The number of rotatable bonds is 11. The predicted molar refractivity (Wildman–Crippen MR) is 132 cm³/mol. The Morgan fingerprint density at radius 3 is 2.66 bits per heavy atom. The molecule has 2 atom stereocenters. The monoisotopic (exact) mass is 458 g/mol. The molecule has 0 unspecified atom stereocenters. The Kier molecular flexibility index (Phi) is 9.14. The SMILES string of the molecule is CCCN(CC(=O)N1CCc2sccc2[C@@H]1COc1ccc(C(C)C)cc1)C[C@H](O)CC. The second-order valence-corrected chi connectivity index (χ2v) is 9.98. The molecule has 1 aliphatic heterocycles. The molecule has 5 nitrogen and oxygen atoms in total. The van der Waals surface area contributed by atoms with E-state index < -0.39 is 6.10 Å². The minimum Gasteiger partial charge on any atom is -0.491 e. The number of nitrogens with zero attached hydrogens (tertiary/aromatic N) is 2. The molecule has 0 saturated carbocycles. The fourth-order valence-electron chi connectivity index (χ4n) is 4.26. The van der Waals surface area contributed by atoms with Crippen LogP contribution < -0.4 is 4.74 Å². The van der Waals surface area contributed by atoms with Gasteiger partial charge in [-0.1, -0.05) is 39.8 Å². The number of aliphatic hydroxyl groups excluding tert-OH is 1. The summed E-state index contributed by atoms with van der Waals surface area (Å²) in [6, 6.07) is 10.3. The summed E-state index contributed by atoms with van der Waals surface area (Å²) in [5.41, 5.74) is 2.50. The first-order chi connectivity index (χ1) is 15.4. The minimum absolute atomic E-state index is 0.0816. The summed E-state index contributed by atoms with van der Waals surface area (Å²) in [4.78, 5) is 18.8. The van der Waals surface area contributed by atoms with Crippen molar-refractivity contribution in [3.8, 4) is 5.75 Å². The van der Waals surface area contributed by atoms with Crippen LogP contribution in [0.25, 0.3) is 0 Å². The summed E-state index contributed by atoms with van der Waals surface area (Å²) < 4.78 is 6.18. The first kappa shape index (κ1) is 24.7. The maximum absolute atomic E-state index is 13.4. The van der Waals surface area contributed by atoms with Gasteiger partial charge in [0.05, 0.1) is 18.7 Å². The van der Waals surface area contributed by atoms with Crippen LogP contribution in [0.3, 0.4) is 0 Å². The predicted octanol–water partition coefficient (Wildman–Crippen LogP) is 4.86. The minimum atomic E-state index is -0.396. The Balaban J connectivity index is 1.71. The Morgan fingerprint density at radius 1 is 1.25 bits per heavy atom. The molecule has 0 saturated heterocycles. The summed E-state index contributed by atoms with van der Waals surface area (Å²) in [7, 11) is 0. The lowest BCUT2D eigenvalue weighted by Gasteiger charge is -2.37. The molecule has 1 aliphatic rings. The highest BCUT2D eigenvalue weighted by molar-refractivity contribution is 7.10. The van der Waals surface area contributed by atoms with E-state index >= 15 is 0 Å². The van der Waals surface area contributed by atoms with E-state index in [0.29, 0.717) is 38.6 Å². The van der Waals surface area contributed by atoms with Crippen LogP contribution in [0.2, 0.25) is 0 Å². The Hall–Kier alpha value is -1.89. The smallest absolute Gasteiger partial charge is 0.237 e. The van der Waals surface area contributed by atoms with Crippen LogP contribution in [0.1, 0.15) is 68.5 Å². The summed E-state index contributed by atoms with van der Waals surface area (Å²) in [6.45, 7) is 11.3. The van der Waals surface area contributed by atoms with Crippen LogP contribution in [-0.4, -0.2) is 59.7 Å². The number of benzene rings is 1. The van der Waals surface area contributed by atoms with Crippen LogP contribution in [0.4, 0.5) is 0 Å². The molecule has 1 amide bonds. The van der Waals surface area contributed by atoms with Gasteiger partial charge in [0, 0.05) is 18.0 Å². The van der Waals surface area contributed by atoms with Gasteiger partial charge in [-0.05, 0) is 66.4 Å². The van der Waals surface area contributed by atoms with E-state index in [1.807, 2.05) is 24.0 Å². The zero-order valence-corrected chi connectivity index (χ0v) is 20.7. The van der Waals surface area contributed by atoms with Crippen LogP contribution in [0.15, 0.2) is 35.7 Å². The summed E-state index contributed by atoms with van der Waals surface area (Å²) in [6.07, 6.45) is 2.15. The average molecular weight is 459 g/mol.